The van der Waals surface area contributed by atoms with E-state index in [4.69, 9.17) is 4.42 Å². The zero-order chi connectivity index (χ0) is 14.1. The van der Waals surface area contributed by atoms with Crippen molar-refractivity contribution in [2.75, 3.05) is 5.32 Å². The lowest BCUT2D eigenvalue weighted by Gasteiger charge is -2.01. The normalized spacial score (nSPS) is 10.9. The molecule has 0 bridgehead atoms. The molecule has 0 fully saturated rings. The molecule has 3 aromatic rings. The van der Waals surface area contributed by atoms with Crippen molar-refractivity contribution in [1.29, 1.82) is 0 Å². The number of para-hydroxylation sites is 1. The number of carbonyl (C=O) groups is 1. The van der Waals surface area contributed by atoms with E-state index in [2.05, 4.69) is 31.4 Å². The molecule has 1 aromatic carbocycles. The minimum Gasteiger partial charge on any atom is -0.450 e. The Morgan fingerprint density at radius 1 is 1.50 bits per heavy atom. The van der Waals surface area contributed by atoms with Gasteiger partial charge in [0.05, 0.1) is 10.7 Å². The minimum atomic E-state index is -0.299. The smallest absolute Gasteiger partial charge is 0.292 e. The van der Waals surface area contributed by atoms with Gasteiger partial charge in [-0.1, -0.05) is 19.1 Å². The van der Waals surface area contributed by atoms with Gasteiger partial charge in [-0.2, -0.15) is 5.10 Å². The van der Waals surface area contributed by atoms with Crippen LogP contribution >= 0.6 is 15.9 Å². The van der Waals surface area contributed by atoms with Crippen molar-refractivity contribution < 1.29 is 9.21 Å². The SMILES string of the molecule is CCc1cn[nH]c1NC(=O)c1cc2cccc(Br)c2o1. The van der Waals surface area contributed by atoms with Crippen LogP contribution in [-0.4, -0.2) is 16.1 Å². The van der Waals surface area contributed by atoms with Crippen molar-refractivity contribution in [1.82, 2.24) is 10.2 Å². The molecule has 0 saturated carbocycles. The first-order chi connectivity index (χ1) is 9.69. The molecule has 0 aliphatic carbocycles. The zero-order valence-corrected chi connectivity index (χ0v) is 12.3. The van der Waals surface area contributed by atoms with Gasteiger partial charge in [-0.25, -0.2) is 0 Å². The Bertz CT molecular complexity index is 776. The number of fused-ring (bicyclic) bond motifs is 1. The Kier molecular flexibility index (Phi) is 3.31. The number of aromatic amines is 1. The number of benzene rings is 1. The largest absolute Gasteiger partial charge is 0.450 e. The van der Waals surface area contributed by atoms with Gasteiger partial charge >= 0.3 is 0 Å². The lowest BCUT2D eigenvalue weighted by Crippen LogP contribution is -2.12. The second kappa shape index (κ2) is 5.13. The summed E-state index contributed by atoms with van der Waals surface area (Å²) in [6.45, 7) is 2.00. The van der Waals surface area contributed by atoms with Gasteiger partial charge in [0, 0.05) is 10.9 Å². The molecule has 5 nitrogen and oxygen atoms in total. The van der Waals surface area contributed by atoms with Crippen molar-refractivity contribution in [2.24, 2.45) is 0 Å². The molecule has 2 aromatic heterocycles. The molecule has 2 heterocycles. The van der Waals surface area contributed by atoms with Gasteiger partial charge in [0.1, 0.15) is 11.4 Å². The number of halogens is 1. The van der Waals surface area contributed by atoms with E-state index in [1.54, 1.807) is 12.3 Å². The average Bonchev–Trinajstić information content (AvgIpc) is 3.05. The number of aryl methyl sites for hydroxylation is 1. The molecule has 102 valence electrons. The second-order valence-electron chi connectivity index (χ2n) is 4.35. The monoisotopic (exact) mass is 333 g/mol. The molecule has 0 unspecified atom stereocenters. The summed E-state index contributed by atoms with van der Waals surface area (Å²) in [5.74, 6) is 0.577. The maximum absolute atomic E-state index is 12.2. The van der Waals surface area contributed by atoms with E-state index < -0.39 is 0 Å². The predicted molar refractivity (Wildman–Crippen MR) is 79.8 cm³/mol. The maximum Gasteiger partial charge on any atom is 0.292 e. The maximum atomic E-state index is 12.2. The fraction of sp³-hybridized carbons (Fsp3) is 0.143. The van der Waals surface area contributed by atoms with E-state index in [1.807, 2.05) is 25.1 Å². The number of nitrogens with zero attached hydrogens (tertiary/aromatic N) is 1. The molecule has 0 spiro atoms. The number of nitrogens with one attached hydrogen (secondary N) is 2. The van der Waals surface area contributed by atoms with E-state index in [-0.39, 0.29) is 11.7 Å². The first-order valence-electron chi connectivity index (χ1n) is 6.20. The first kappa shape index (κ1) is 12.9. The van der Waals surface area contributed by atoms with Crippen molar-refractivity contribution in [3.63, 3.8) is 0 Å². The molecule has 3 rings (SSSR count). The number of hydrogen-bond donors (Lipinski definition) is 2. The summed E-state index contributed by atoms with van der Waals surface area (Å²) in [5, 5.41) is 10.3. The third-order valence-electron chi connectivity index (χ3n) is 3.06. The minimum absolute atomic E-state index is 0.267. The van der Waals surface area contributed by atoms with Crippen LogP contribution in [0, 0.1) is 0 Å². The van der Waals surface area contributed by atoms with E-state index >= 15 is 0 Å². The van der Waals surface area contributed by atoms with Crippen molar-refractivity contribution in [3.05, 3.63) is 46.3 Å². The van der Waals surface area contributed by atoms with E-state index in [9.17, 15) is 4.79 Å². The van der Waals surface area contributed by atoms with Gasteiger partial charge in [0.2, 0.25) is 0 Å². The van der Waals surface area contributed by atoms with Crippen LogP contribution in [0.2, 0.25) is 0 Å². The molecule has 1 amide bonds. The molecule has 0 aliphatic heterocycles. The molecule has 0 saturated heterocycles. The lowest BCUT2D eigenvalue weighted by molar-refractivity contribution is 0.0998. The predicted octanol–water partition coefficient (Wildman–Crippen LogP) is 3.73. The van der Waals surface area contributed by atoms with Crippen LogP contribution in [0.4, 0.5) is 5.82 Å². The van der Waals surface area contributed by atoms with Gasteiger partial charge in [-0.15, -0.1) is 0 Å². The number of hydrogen-bond acceptors (Lipinski definition) is 3. The number of furan rings is 1. The van der Waals surface area contributed by atoms with Crippen molar-refractivity contribution in [2.45, 2.75) is 13.3 Å². The van der Waals surface area contributed by atoms with Crippen LogP contribution in [0.5, 0.6) is 0 Å². The summed E-state index contributed by atoms with van der Waals surface area (Å²) in [7, 11) is 0. The van der Waals surface area contributed by atoms with Gasteiger partial charge in [-0.3, -0.25) is 9.89 Å². The van der Waals surface area contributed by atoms with Gasteiger partial charge in [-0.05, 0) is 34.5 Å². The number of anilines is 1. The Morgan fingerprint density at radius 3 is 3.10 bits per heavy atom. The Labute approximate surface area is 123 Å². The van der Waals surface area contributed by atoms with Crippen LogP contribution < -0.4 is 5.32 Å². The van der Waals surface area contributed by atoms with Crippen molar-refractivity contribution >= 4 is 38.6 Å². The molecule has 20 heavy (non-hydrogen) atoms. The summed E-state index contributed by atoms with van der Waals surface area (Å²) in [6.07, 6.45) is 2.49. The molecular formula is C14H12BrN3O2. The standard InChI is InChI=1S/C14H12BrN3O2/c1-2-8-7-16-18-13(8)17-14(19)11-6-9-4-3-5-10(15)12(9)20-11/h3-7H,2H2,1H3,(H2,16,17,18,19). The molecule has 0 atom stereocenters. The Morgan fingerprint density at radius 2 is 2.35 bits per heavy atom. The fourth-order valence-electron chi connectivity index (χ4n) is 2.00. The highest BCUT2D eigenvalue weighted by atomic mass is 79.9. The Hall–Kier alpha value is -2.08. The topological polar surface area (TPSA) is 70.9 Å². The third kappa shape index (κ3) is 2.22. The number of rotatable bonds is 3. The summed E-state index contributed by atoms with van der Waals surface area (Å²) in [6, 6.07) is 7.39. The van der Waals surface area contributed by atoms with Gasteiger partial charge in [0.15, 0.2) is 5.76 Å². The Balaban J connectivity index is 1.91. The van der Waals surface area contributed by atoms with Crippen LogP contribution in [0.15, 0.2) is 39.4 Å². The highest BCUT2D eigenvalue weighted by Gasteiger charge is 2.15. The molecule has 2 N–H and O–H groups in total. The number of carbonyl (C=O) groups excluding carboxylic acids is 1. The highest BCUT2D eigenvalue weighted by Crippen LogP contribution is 2.27. The second-order valence-corrected chi connectivity index (χ2v) is 5.20. The quantitative estimate of drug-likeness (QED) is 0.767. The lowest BCUT2D eigenvalue weighted by atomic mass is 10.2. The van der Waals surface area contributed by atoms with Crippen LogP contribution in [-0.2, 0) is 6.42 Å². The zero-order valence-electron chi connectivity index (χ0n) is 10.7. The number of H-pyrrole nitrogens is 1. The summed E-state index contributed by atoms with van der Waals surface area (Å²) in [5.41, 5.74) is 1.62. The van der Waals surface area contributed by atoms with E-state index in [0.29, 0.717) is 11.4 Å². The van der Waals surface area contributed by atoms with E-state index in [0.717, 1.165) is 21.8 Å². The summed E-state index contributed by atoms with van der Waals surface area (Å²) in [4.78, 5) is 12.2. The molecular weight excluding hydrogens is 322 g/mol. The van der Waals surface area contributed by atoms with Crippen LogP contribution in [0.25, 0.3) is 11.0 Å². The average molecular weight is 334 g/mol. The number of aromatic nitrogens is 2. The molecule has 6 heteroatoms. The van der Waals surface area contributed by atoms with Gasteiger partial charge < -0.3 is 9.73 Å². The van der Waals surface area contributed by atoms with Crippen LogP contribution in [0.3, 0.4) is 0 Å². The summed E-state index contributed by atoms with van der Waals surface area (Å²) < 4.78 is 6.41. The molecule has 0 aliphatic rings. The van der Waals surface area contributed by atoms with Gasteiger partial charge in [0.25, 0.3) is 5.91 Å². The van der Waals surface area contributed by atoms with E-state index in [1.165, 1.54) is 0 Å². The fourth-order valence-corrected chi connectivity index (χ4v) is 2.46. The molecule has 0 radical (unpaired) electrons. The van der Waals surface area contributed by atoms with Crippen LogP contribution in [0.1, 0.15) is 23.0 Å². The summed E-state index contributed by atoms with van der Waals surface area (Å²) >= 11 is 3.40. The number of amides is 1. The third-order valence-corrected chi connectivity index (χ3v) is 3.68. The first-order valence-corrected chi connectivity index (χ1v) is 7.00. The highest BCUT2D eigenvalue weighted by molar-refractivity contribution is 9.10. The van der Waals surface area contributed by atoms with Crippen molar-refractivity contribution in [3.8, 4) is 0 Å².